The van der Waals surface area contributed by atoms with Crippen LogP contribution in [0.3, 0.4) is 0 Å². The molecule has 3 heterocycles. The lowest BCUT2D eigenvalue weighted by Crippen LogP contribution is -2.54. The Kier molecular flexibility index (Phi) is 4.17. The fourth-order valence-corrected chi connectivity index (χ4v) is 3.15. The molecule has 2 aliphatic rings. The molecule has 0 aliphatic carbocycles. The third-order valence-electron chi connectivity index (χ3n) is 4.59. The summed E-state index contributed by atoms with van der Waals surface area (Å²) in [5.41, 5.74) is -0.933. The van der Waals surface area contributed by atoms with Gasteiger partial charge >= 0.3 is 6.18 Å². The average molecular weight is 319 g/mol. The van der Waals surface area contributed by atoms with E-state index in [1.165, 1.54) is 0 Å². The first-order valence-corrected chi connectivity index (χ1v) is 7.45. The molecular formula is C14H20F3N3O2. The van der Waals surface area contributed by atoms with Crippen LogP contribution in [0.2, 0.25) is 0 Å². The fourth-order valence-electron chi connectivity index (χ4n) is 3.15. The van der Waals surface area contributed by atoms with Gasteiger partial charge < -0.3 is 19.7 Å². The maximum Gasteiger partial charge on any atom is 0.432 e. The van der Waals surface area contributed by atoms with Crippen LogP contribution >= 0.6 is 0 Å². The third-order valence-corrected chi connectivity index (χ3v) is 4.59. The van der Waals surface area contributed by atoms with Gasteiger partial charge in [-0.15, -0.1) is 0 Å². The normalized spacial score (nSPS) is 23.5. The Morgan fingerprint density at radius 3 is 2.50 bits per heavy atom. The van der Waals surface area contributed by atoms with Crippen LogP contribution < -0.4 is 0 Å². The van der Waals surface area contributed by atoms with Crippen LogP contribution in [-0.4, -0.2) is 59.4 Å². The molecule has 1 aromatic heterocycles. The van der Waals surface area contributed by atoms with Crippen LogP contribution in [0.15, 0.2) is 6.20 Å². The Morgan fingerprint density at radius 2 is 2.05 bits per heavy atom. The number of aliphatic hydroxyl groups excluding tert-OH is 1. The second-order valence-corrected chi connectivity index (χ2v) is 6.38. The van der Waals surface area contributed by atoms with E-state index in [1.54, 1.807) is 0 Å². The Bertz CT molecular complexity index is 500. The van der Waals surface area contributed by atoms with Gasteiger partial charge in [0.05, 0.1) is 31.4 Å². The third kappa shape index (κ3) is 3.13. The number of nitrogens with one attached hydrogen (secondary N) is 1. The van der Waals surface area contributed by atoms with Gasteiger partial charge in [-0.25, -0.2) is 4.98 Å². The van der Waals surface area contributed by atoms with E-state index in [4.69, 9.17) is 4.74 Å². The second-order valence-electron chi connectivity index (χ2n) is 6.38. The fraction of sp³-hybridized carbons (Fsp3) is 0.786. The summed E-state index contributed by atoms with van der Waals surface area (Å²) in [5, 5.41) is 9.45. The lowest BCUT2D eigenvalue weighted by Gasteiger charge is -2.44. The highest BCUT2D eigenvalue weighted by molar-refractivity contribution is 5.09. The summed E-state index contributed by atoms with van der Waals surface area (Å²) in [4.78, 5) is 8.55. The van der Waals surface area contributed by atoms with E-state index in [2.05, 4.69) is 14.9 Å². The number of aliphatic hydroxyl groups is 1. The second kappa shape index (κ2) is 5.82. The van der Waals surface area contributed by atoms with Gasteiger partial charge in [0.15, 0.2) is 0 Å². The van der Waals surface area contributed by atoms with Crippen molar-refractivity contribution in [2.75, 3.05) is 39.5 Å². The molecule has 3 rings (SSSR count). The predicted octanol–water partition coefficient (Wildman–Crippen LogP) is 1.62. The number of aromatic amines is 1. The van der Waals surface area contributed by atoms with E-state index in [-0.39, 0.29) is 17.9 Å². The summed E-state index contributed by atoms with van der Waals surface area (Å²) in [6.07, 6.45) is -1.96. The molecule has 0 amide bonds. The number of H-pyrrole nitrogens is 1. The molecule has 2 fully saturated rings. The van der Waals surface area contributed by atoms with Gasteiger partial charge in [-0.3, -0.25) is 0 Å². The minimum Gasteiger partial charge on any atom is -0.396 e. The van der Waals surface area contributed by atoms with Crippen molar-refractivity contribution in [1.29, 1.82) is 0 Å². The molecule has 1 aromatic rings. The lowest BCUT2D eigenvalue weighted by molar-refractivity contribution is -0.149. The zero-order valence-corrected chi connectivity index (χ0v) is 12.2. The van der Waals surface area contributed by atoms with Crippen molar-refractivity contribution in [2.24, 2.45) is 5.41 Å². The standard InChI is InChI=1S/C14H20F3N3O2/c15-14(16,17)11-5-18-12(19-11)10-1-3-20(4-2-10)6-13(7-21)8-22-9-13/h5,10,21H,1-4,6-9H2,(H,18,19). The first-order valence-electron chi connectivity index (χ1n) is 7.45. The zero-order valence-electron chi connectivity index (χ0n) is 12.2. The van der Waals surface area contributed by atoms with Crippen LogP contribution in [0.25, 0.3) is 0 Å². The Hall–Kier alpha value is -1.12. The van der Waals surface area contributed by atoms with Gasteiger partial charge in [0, 0.05) is 12.5 Å². The van der Waals surface area contributed by atoms with Crippen LogP contribution in [0.5, 0.6) is 0 Å². The molecule has 2 aliphatic heterocycles. The van der Waals surface area contributed by atoms with Crippen LogP contribution in [0, 0.1) is 5.41 Å². The predicted molar refractivity (Wildman–Crippen MR) is 72.3 cm³/mol. The van der Waals surface area contributed by atoms with Gasteiger partial charge in [-0.2, -0.15) is 13.2 Å². The Morgan fingerprint density at radius 1 is 1.36 bits per heavy atom. The molecule has 0 bridgehead atoms. The van der Waals surface area contributed by atoms with Crippen molar-refractivity contribution >= 4 is 0 Å². The van der Waals surface area contributed by atoms with Crippen LogP contribution in [-0.2, 0) is 10.9 Å². The Balaban J connectivity index is 1.54. The molecule has 2 N–H and O–H groups in total. The number of ether oxygens (including phenoxy) is 1. The lowest BCUT2D eigenvalue weighted by atomic mass is 9.85. The number of alkyl halides is 3. The number of hydrogen-bond donors (Lipinski definition) is 2. The van der Waals surface area contributed by atoms with E-state index < -0.39 is 11.9 Å². The molecule has 0 atom stereocenters. The van der Waals surface area contributed by atoms with Crippen molar-refractivity contribution in [2.45, 2.75) is 24.9 Å². The molecule has 0 spiro atoms. The summed E-state index contributed by atoms with van der Waals surface area (Å²) in [6, 6.07) is 0. The first-order chi connectivity index (χ1) is 10.4. The van der Waals surface area contributed by atoms with Gasteiger partial charge in [-0.1, -0.05) is 0 Å². The smallest absolute Gasteiger partial charge is 0.396 e. The molecule has 0 aromatic carbocycles. The quantitative estimate of drug-likeness (QED) is 0.885. The Labute approximate surface area is 126 Å². The minimum atomic E-state index is -4.37. The van der Waals surface area contributed by atoms with E-state index in [9.17, 15) is 18.3 Å². The number of halogens is 3. The summed E-state index contributed by atoms with van der Waals surface area (Å²) in [7, 11) is 0. The van der Waals surface area contributed by atoms with Crippen molar-refractivity contribution in [3.63, 3.8) is 0 Å². The van der Waals surface area contributed by atoms with Crippen molar-refractivity contribution in [1.82, 2.24) is 14.9 Å². The number of hydrogen-bond acceptors (Lipinski definition) is 4. The monoisotopic (exact) mass is 319 g/mol. The van der Waals surface area contributed by atoms with Gasteiger partial charge in [0.1, 0.15) is 11.5 Å². The average Bonchev–Trinajstić information content (AvgIpc) is 2.93. The van der Waals surface area contributed by atoms with E-state index >= 15 is 0 Å². The number of piperidine rings is 1. The van der Waals surface area contributed by atoms with Gasteiger partial charge in [-0.05, 0) is 25.9 Å². The van der Waals surface area contributed by atoms with Crippen molar-refractivity contribution in [3.05, 3.63) is 17.7 Å². The zero-order chi connectivity index (χ0) is 15.8. The highest BCUT2D eigenvalue weighted by Gasteiger charge is 2.40. The summed E-state index contributed by atoms with van der Waals surface area (Å²) in [6.45, 7) is 3.65. The highest BCUT2D eigenvalue weighted by Crippen LogP contribution is 2.33. The van der Waals surface area contributed by atoms with E-state index in [0.29, 0.717) is 19.0 Å². The molecular weight excluding hydrogens is 299 g/mol. The molecule has 0 unspecified atom stereocenters. The molecule has 8 heteroatoms. The molecule has 0 radical (unpaired) electrons. The van der Waals surface area contributed by atoms with Gasteiger partial charge in [0.25, 0.3) is 0 Å². The van der Waals surface area contributed by atoms with Crippen LogP contribution in [0.4, 0.5) is 13.2 Å². The SMILES string of the molecule is OCC1(CN2CCC(c3ncc(C(F)(F)F)[nH]3)CC2)COC1. The number of aromatic nitrogens is 2. The molecule has 2 saturated heterocycles. The molecule has 124 valence electrons. The molecule has 0 saturated carbocycles. The van der Waals surface area contributed by atoms with Gasteiger partial charge in [0.2, 0.25) is 0 Å². The van der Waals surface area contributed by atoms with E-state index in [1.807, 2.05) is 0 Å². The summed E-state index contributed by atoms with van der Waals surface area (Å²) >= 11 is 0. The van der Waals surface area contributed by atoms with E-state index in [0.717, 1.165) is 38.7 Å². The number of nitrogens with zero attached hydrogens (tertiary/aromatic N) is 2. The number of imidazole rings is 1. The minimum absolute atomic E-state index is 0.0371. The summed E-state index contributed by atoms with van der Waals surface area (Å²) in [5.74, 6) is 0.464. The number of likely N-dealkylation sites (tertiary alicyclic amines) is 1. The number of rotatable bonds is 4. The topological polar surface area (TPSA) is 61.4 Å². The van der Waals surface area contributed by atoms with Crippen molar-refractivity contribution < 1.29 is 23.0 Å². The first kappa shape index (κ1) is 15.8. The molecule has 22 heavy (non-hydrogen) atoms. The highest BCUT2D eigenvalue weighted by atomic mass is 19.4. The molecule has 5 nitrogen and oxygen atoms in total. The summed E-state index contributed by atoms with van der Waals surface area (Å²) < 4.78 is 42.9. The maximum absolute atomic E-state index is 12.6. The maximum atomic E-state index is 12.6. The largest absolute Gasteiger partial charge is 0.432 e. The van der Waals surface area contributed by atoms with Crippen LogP contribution in [0.1, 0.15) is 30.3 Å². The van der Waals surface area contributed by atoms with Crippen molar-refractivity contribution in [3.8, 4) is 0 Å².